The van der Waals surface area contributed by atoms with E-state index in [1.54, 1.807) is 0 Å². The third-order valence-corrected chi connectivity index (χ3v) is 2.03. The van der Waals surface area contributed by atoms with Gasteiger partial charge in [0.05, 0.1) is 12.0 Å². The molecule has 0 fully saturated rings. The second kappa shape index (κ2) is 5.52. The smallest absolute Gasteiger partial charge is 0.389 e. The molecular weight excluding hydrogens is 251 g/mol. The van der Waals surface area contributed by atoms with Gasteiger partial charge in [-0.3, -0.25) is 4.79 Å². The predicted molar refractivity (Wildman–Crippen MR) is 57.3 cm³/mol. The normalized spacial score (nSPS) is 11.1. The van der Waals surface area contributed by atoms with Gasteiger partial charge >= 0.3 is 12.1 Å². The molecule has 0 spiro atoms. The van der Waals surface area contributed by atoms with Gasteiger partial charge in [-0.25, -0.2) is 4.79 Å². The molecule has 4 nitrogen and oxygen atoms in total. The first-order valence-electron chi connectivity index (χ1n) is 4.98. The molecule has 1 aromatic rings. The van der Waals surface area contributed by atoms with Gasteiger partial charge in [-0.2, -0.15) is 13.2 Å². The quantitative estimate of drug-likeness (QED) is 0.875. The summed E-state index contributed by atoms with van der Waals surface area (Å²) in [5, 5.41) is 10.9. The first-order chi connectivity index (χ1) is 8.28. The summed E-state index contributed by atoms with van der Waals surface area (Å²) in [7, 11) is 0. The van der Waals surface area contributed by atoms with Crippen molar-refractivity contribution in [3.05, 3.63) is 29.8 Å². The third-order valence-electron chi connectivity index (χ3n) is 2.03. The van der Waals surface area contributed by atoms with Crippen LogP contribution in [0.4, 0.5) is 18.9 Å². The van der Waals surface area contributed by atoms with Crippen molar-refractivity contribution in [1.82, 2.24) is 0 Å². The van der Waals surface area contributed by atoms with E-state index in [2.05, 4.69) is 5.32 Å². The van der Waals surface area contributed by atoms with Crippen LogP contribution in [-0.2, 0) is 4.79 Å². The lowest BCUT2D eigenvalue weighted by Gasteiger charge is -2.07. The van der Waals surface area contributed by atoms with E-state index in [1.165, 1.54) is 24.3 Å². The molecule has 0 aromatic heterocycles. The summed E-state index contributed by atoms with van der Waals surface area (Å²) in [4.78, 5) is 21.8. The molecule has 0 saturated carbocycles. The number of aromatic carboxylic acids is 1. The number of carboxylic acid groups (broad SMARTS) is 1. The fourth-order valence-corrected chi connectivity index (χ4v) is 1.21. The van der Waals surface area contributed by atoms with Gasteiger partial charge in [0.15, 0.2) is 0 Å². The Hall–Kier alpha value is -2.05. The third kappa shape index (κ3) is 4.86. The fraction of sp³-hybridized carbons (Fsp3) is 0.273. The van der Waals surface area contributed by atoms with E-state index in [0.717, 1.165) is 0 Å². The predicted octanol–water partition coefficient (Wildman–Crippen LogP) is 2.67. The van der Waals surface area contributed by atoms with E-state index in [1.807, 2.05) is 0 Å². The zero-order valence-electron chi connectivity index (χ0n) is 9.12. The molecule has 0 radical (unpaired) electrons. The van der Waals surface area contributed by atoms with Crippen molar-refractivity contribution < 1.29 is 27.9 Å². The number of amides is 1. The largest absolute Gasteiger partial charge is 0.478 e. The monoisotopic (exact) mass is 261 g/mol. The number of nitrogens with one attached hydrogen (secondary N) is 1. The molecule has 18 heavy (non-hydrogen) atoms. The molecule has 1 rings (SSSR count). The minimum absolute atomic E-state index is 0.0522. The summed E-state index contributed by atoms with van der Waals surface area (Å²) in [6, 6.07) is 5.28. The minimum Gasteiger partial charge on any atom is -0.478 e. The molecule has 0 aliphatic rings. The van der Waals surface area contributed by atoms with Gasteiger partial charge in [-0.15, -0.1) is 0 Å². The number of hydrogen-bond donors (Lipinski definition) is 2. The van der Waals surface area contributed by atoms with E-state index in [4.69, 9.17) is 5.11 Å². The van der Waals surface area contributed by atoms with E-state index >= 15 is 0 Å². The Morgan fingerprint density at radius 2 is 1.94 bits per heavy atom. The number of carbonyl (C=O) groups excluding carboxylic acids is 1. The molecule has 2 N–H and O–H groups in total. The lowest BCUT2D eigenvalue weighted by atomic mass is 10.2. The van der Waals surface area contributed by atoms with Gasteiger partial charge < -0.3 is 10.4 Å². The van der Waals surface area contributed by atoms with Crippen molar-refractivity contribution in [2.45, 2.75) is 19.0 Å². The van der Waals surface area contributed by atoms with Crippen molar-refractivity contribution in [1.29, 1.82) is 0 Å². The van der Waals surface area contributed by atoms with Crippen LogP contribution >= 0.6 is 0 Å². The number of rotatable bonds is 4. The average molecular weight is 261 g/mol. The van der Waals surface area contributed by atoms with Crippen molar-refractivity contribution in [2.24, 2.45) is 0 Å². The molecule has 0 aliphatic heterocycles. The Labute approximate surface area is 100 Å². The second-order valence-corrected chi connectivity index (χ2v) is 3.55. The highest BCUT2D eigenvalue weighted by atomic mass is 19.4. The number of benzene rings is 1. The van der Waals surface area contributed by atoms with Gasteiger partial charge in [0.25, 0.3) is 0 Å². The topological polar surface area (TPSA) is 66.4 Å². The lowest BCUT2D eigenvalue weighted by Crippen LogP contribution is -2.16. The summed E-state index contributed by atoms with van der Waals surface area (Å²) < 4.78 is 35.6. The van der Waals surface area contributed by atoms with Crippen LogP contribution in [-0.4, -0.2) is 23.2 Å². The Morgan fingerprint density at radius 1 is 1.28 bits per heavy atom. The number of alkyl halides is 3. The Bertz CT molecular complexity index is 457. The lowest BCUT2D eigenvalue weighted by molar-refractivity contribution is -0.142. The molecule has 1 aromatic carbocycles. The summed E-state index contributed by atoms with van der Waals surface area (Å²) in [5.41, 5.74) is 0.102. The molecule has 0 saturated heterocycles. The van der Waals surface area contributed by atoms with Crippen molar-refractivity contribution in [2.75, 3.05) is 5.32 Å². The second-order valence-electron chi connectivity index (χ2n) is 3.55. The van der Waals surface area contributed by atoms with Gasteiger partial charge in [-0.1, -0.05) is 6.07 Å². The van der Waals surface area contributed by atoms with Gasteiger partial charge in [-0.05, 0) is 18.2 Å². The highest BCUT2D eigenvalue weighted by Crippen LogP contribution is 2.21. The van der Waals surface area contributed by atoms with E-state index in [9.17, 15) is 22.8 Å². The molecule has 1 amide bonds. The number of halogens is 3. The van der Waals surface area contributed by atoms with Crippen LogP contribution in [0.25, 0.3) is 0 Å². The zero-order chi connectivity index (χ0) is 13.8. The summed E-state index contributed by atoms with van der Waals surface area (Å²) in [6.07, 6.45) is -6.29. The molecule has 98 valence electrons. The molecule has 0 heterocycles. The minimum atomic E-state index is -4.39. The van der Waals surface area contributed by atoms with Crippen molar-refractivity contribution >= 4 is 17.6 Å². The van der Waals surface area contributed by atoms with E-state index < -0.39 is 30.9 Å². The Balaban J connectivity index is 2.59. The zero-order valence-corrected chi connectivity index (χ0v) is 9.12. The first kappa shape index (κ1) is 14.0. The van der Waals surface area contributed by atoms with Crippen LogP contribution < -0.4 is 5.32 Å². The first-order valence-corrected chi connectivity index (χ1v) is 4.98. The summed E-state index contributed by atoms with van der Waals surface area (Å²) in [6.45, 7) is 0. The van der Waals surface area contributed by atoms with Crippen LogP contribution in [0, 0.1) is 0 Å². The van der Waals surface area contributed by atoms with Crippen LogP contribution in [0.5, 0.6) is 0 Å². The highest BCUT2D eigenvalue weighted by molar-refractivity contribution is 5.93. The summed E-state index contributed by atoms with van der Waals surface area (Å²) in [5.74, 6) is -1.99. The highest BCUT2D eigenvalue weighted by Gasteiger charge is 2.27. The van der Waals surface area contributed by atoms with Crippen LogP contribution in [0.15, 0.2) is 24.3 Å². The van der Waals surface area contributed by atoms with Crippen LogP contribution in [0.3, 0.4) is 0 Å². The number of hydrogen-bond acceptors (Lipinski definition) is 2. The standard InChI is InChI=1S/C11H10F3NO3/c12-11(13,14)5-4-9(16)15-8-3-1-2-7(6-8)10(17)18/h1-3,6H,4-5H2,(H,15,16)(H,17,18). The van der Waals surface area contributed by atoms with Crippen LogP contribution in [0.1, 0.15) is 23.2 Å². The molecular formula is C11H10F3NO3. The number of carbonyl (C=O) groups is 2. The molecule has 0 aliphatic carbocycles. The Kier molecular flexibility index (Phi) is 4.30. The molecule has 0 unspecified atom stereocenters. The number of anilines is 1. The summed E-state index contributed by atoms with van der Waals surface area (Å²) >= 11 is 0. The van der Waals surface area contributed by atoms with Crippen LogP contribution in [0.2, 0.25) is 0 Å². The van der Waals surface area contributed by atoms with Gasteiger partial charge in [0, 0.05) is 12.1 Å². The van der Waals surface area contributed by atoms with Gasteiger partial charge in [0.2, 0.25) is 5.91 Å². The fourth-order valence-electron chi connectivity index (χ4n) is 1.21. The molecule has 0 atom stereocenters. The Morgan fingerprint density at radius 3 is 2.50 bits per heavy atom. The number of carboxylic acids is 1. The molecule has 7 heteroatoms. The van der Waals surface area contributed by atoms with Crippen molar-refractivity contribution in [3.63, 3.8) is 0 Å². The maximum Gasteiger partial charge on any atom is 0.389 e. The van der Waals surface area contributed by atoms with E-state index in [0.29, 0.717) is 0 Å². The maximum absolute atomic E-state index is 11.9. The van der Waals surface area contributed by atoms with Crippen molar-refractivity contribution in [3.8, 4) is 0 Å². The SMILES string of the molecule is O=C(CCC(F)(F)F)Nc1cccc(C(=O)O)c1. The average Bonchev–Trinajstić information content (AvgIpc) is 2.26. The van der Waals surface area contributed by atoms with E-state index in [-0.39, 0.29) is 11.3 Å². The molecule has 0 bridgehead atoms. The van der Waals surface area contributed by atoms with Gasteiger partial charge in [0.1, 0.15) is 0 Å². The maximum atomic E-state index is 11.9.